The van der Waals surface area contributed by atoms with Crippen molar-refractivity contribution in [3.63, 3.8) is 0 Å². The van der Waals surface area contributed by atoms with Crippen molar-refractivity contribution in [2.24, 2.45) is 0 Å². The van der Waals surface area contributed by atoms with Crippen LogP contribution in [0.25, 0.3) is 218 Å². The summed E-state index contributed by atoms with van der Waals surface area (Å²) in [5.74, 6) is 2.26. The van der Waals surface area contributed by atoms with Gasteiger partial charge in [-0.1, -0.05) is 412 Å². The number of para-hydroxylation sites is 6. The minimum absolute atomic E-state index is 0.216. The summed E-state index contributed by atoms with van der Waals surface area (Å²) in [6.07, 6.45) is 0. The molecule has 9 heteroatoms. The average molecular weight is 1770 g/mol. The Kier molecular flexibility index (Phi) is 19.8. The van der Waals surface area contributed by atoms with Crippen LogP contribution in [0.15, 0.2) is 455 Å². The summed E-state index contributed by atoms with van der Waals surface area (Å²) in [4.78, 5) is 31.4. The van der Waals surface area contributed by atoms with E-state index in [0.29, 0.717) is 0 Å². The lowest BCUT2D eigenvalue weighted by molar-refractivity contribution is 0.657. The first-order valence-electron chi connectivity index (χ1n) is 47.6. The number of hydrogen-bond acceptors (Lipinski definition) is 6. The zero-order valence-electron chi connectivity index (χ0n) is 77.3. The second kappa shape index (κ2) is 33.1. The van der Waals surface area contributed by atoms with Gasteiger partial charge >= 0.3 is 0 Å². The summed E-state index contributed by atoms with van der Waals surface area (Å²) in [5, 5.41) is 7.61. The van der Waals surface area contributed by atoms with Crippen LogP contribution in [0, 0.1) is 0 Å². The fraction of sp³-hybridized carbons (Fsp3) is 0.0698. The van der Waals surface area contributed by atoms with E-state index in [4.69, 9.17) is 29.9 Å². The molecule has 6 aromatic heterocycles. The van der Waals surface area contributed by atoms with Gasteiger partial charge in [-0.25, -0.2) is 29.9 Å². The van der Waals surface area contributed by atoms with Gasteiger partial charge < -0.3 is 13.7 Å². The van der Waals surface area contributed by atoms with Crippen LogP contribution in [0.4, 0.5) is 0 Å². The summed E-state index contributed by atoms with van der Waals surface area (Å²) in [6.45, 7) is 13.8. The Morgan fingerprint density at radius 2 is 0.406 bits per heavy atom. The molecule has 24 aromatic rings. The average Bonchev–Trinajstić information content (AvgIpc) is 1.56. The molecule has 654 valence electrons. The molecular weight excluding hydrogens is 1680 g/mol. The normalized spacial score (nSPS) is 13.2. The lowest BCUT2D eigenvalue weighted by atomic mass is 9.80. The number of nitrogens with zero attached hydrogens (tertiary/aromatic N) is 9. The van der Waals surface area contributed by atoms with Crippen molar-refractivity contribution < 1.29 is 0 Å². The monoisotopic (exact) mass is 1770 g/mol. The molecule has 6 heterocycles. The van der Waals surface area contributed by atoms with E-state index in [0.717, 1.165) is 108 Å². The third-order valence-electron chi connectivity index (χ3n) is 28.8. The molecule has 18 aromatic carbocycles. The Morgan fingerprint density at radius 3 is 0.797 bits per heavy atom. The van der Waals surface area contributed by atoms with Crippen molar-refractivity contribution in [2.45, 2.75) is 57.8 Å². The molecule has 27 rings (SSSR count). The van der Waals surface area contributed by atoms with E-state index in [1.165, 1.54) is 143 Å². The molecule has 3 aliphatic carbocycles. The molecule has 0 saturated carbocycles. The van der Waals surface area contributed by atoms with Crippen molar-refractivity contribution in [1.82, 2.24) is 43.6 Å². The van der Waals surface area contributed by atoms with Gasteiger partial charge in [0, 0.05) is 132 Å². The van der Waals surface area contributed by atoms with E-state index >= 15 is 0 Å². The fourth-order valence-corrected chi connectivity index (χ4v) is 22.2. The first kappa shape index (κ1) is 82.5. The standard InChI is InChI=1S/3C43H31N3/c1-43(2)36-25-24-31(30-18-13-19-32(26-30)46-37-22-11-9-20-33(37)34-21-10-12-23-38(34)46)27-35(36)41-39(43)40(28-14-5-3-6-15-28)44-42(45-41)29-16-7-4-8-17-29;1-43(2)36-20-9-6-19-35(36)41-39(43)40(44-42(45-41)30-13-4-3-5-14-30)29-25-23-28(24-26-29)31-15-12-16-32(27-31)46-37-21-10-7-17-33(37)34-18-8-11-22-38(34)46;1-43(2)36-20-9-6-19-35(36)41-39(43)40(44-42(45-41)29-13-4-3-5-14-29)31-16-12-15-30(27-31)28-23-25-32(26-24-28)46-37-21-10-7-17-33(37)34-18-8-11-22-38(34)46/h3*3-27H,1-2H3. The molecule has 0 unspecified atom stereocenters. The fourth-order valence-electron chi connectivity index (χ4n) is 22.2. The molecule has 0 saturated heterocycles. The van der Waals surface area contributed by atoms with Gasteiger partial charge in [0.05, 0.1) is 67.3 Å². The molecule has 0 atom stereocenters. The lowest BCUT2D eigenvalue weighted by Crippen LogP contribution is -2.17. The van der Waals surface area contributed by atoms with Crippen molar-refractivity contribution in [3.05, 3.63) is 488 Å². The minimum Gasteiger partial charge on any atom is -0.309 e. The predicted octanol–water partition coefficient (Wildman–Crippen LogP) is 32.6. The molecule has 0 amide bonds. The van der Waals surface area contributed by atoms with E-state index in [1.54, 1.807) is 0 Å². The molecule has 0 fully saturated rings. The maximum atomic E-state index is 5.29. The Labute approximate surface area is 801 Å². The van der Waals surface area contributed by atoms with Gasteiger partial charge in [0.1, 0.15) is 0 Å². The van der Waals surface area contributed by atoms with Crippen molar-refractivity contribution in [3.8, 4) is 152 Å². The van der Waals surface area contributed by atoms with Gasteiger partial charge in [-0.2, -0.15) is 0 Å². The summed E-state index contributed by atoms with van der Waals surface area (Å²) in [6, 6.07) is 162. The first-order chi connectivity index (χ1) is 67.7. The molecule has 0 radical (unpaired) electrons. The maximum absolute atomic E-state index is 5.29. The van der Waals surface area contributed by atoms with Crippen LogP contribution in [0.3, 0.4) is 0 Å². The second-order valence-corrected chi connectivity index (χ2v) is 38.0. The summed E-state index contributed by atoms with van der Waals surface area (Å²) in [5.41, 5.74) is 40.5. The third-order valence-corrected chi connectivity index (χ3v) is 28.8. The van der Waals surface area contributed by atoms with Crippen LogP contribution >= 0.6 is 0 Å². The third kappa shape index (κ3) is 13.7. The predicted molar refractivity (Wildman–Crippen MR) is 571 cm³/mol. The van der Waals surface area contributed by atoms with Gasteiger partial charge in [0.2, 0.25) is 0 Å². The number of rotatable bonds is 12. The topological polar surface area (TPSA) is 92.1 Å². The number of benzene rings is 18. The quantitative estimate of drug-likeness (QED) is 0.121. The number of hydrogen-bond donors (Lipinski definition) is 0. The molecule has 0 bridgehead atoms. The van der Waals surface area contributed by atoms with Crippen molar-refractivity contribution >= 4 is 65.4 Å². The van der Waals surface area contributed by atoms with Gasteiger partial charge in [-0.3, -0.25) is 0 Å². The summed E-state index contributed by atoms with van der Waals surface area (Å²) in [7, 11) is 0. The highest BCUT2D eigenvalue weighted by Crippen LogP contribution is 2.56. The van der Waals surface area contributed by atoms with Crippen LogP contribution < -0.4 is 0 Å². The summed E-state index contributed by atoms with van der Waals surface area (Å²) >= 11 is 0. The molecule has 0 aliphatic heterocycles. The highest BCUT2D eigenvalue weighted by atomic mass is 15.0. The van der Waals surface area contributed by atoms with E-state index in [-0.39, 0.29) is 16.2 Å². The highest BCUT2D eigenvalue weighted by Gasteiger charge is 2.44. The lowest BCUT2D eigenvalue weighted by Gasteiger charge is -2.24. The van der Waals surface area contributed by atoms with Crippen LogP contribution in [-0.4, -0.2) is 43.6 Å². The van der Waals surface area contributed by atoms with Gasteiger partial charge in [0.15, 0.2) is 17.5 Å². The van der Waals surface area contributed by atoms with Gasteiger partial charge in [0.25, 0.3) is 0 Å². The highest BCUT2D eigenvalue weighted by molar-refractivity contribution is 6.12. The SMILES string of the molecule is CC1(C)c2ccc(-c3cccc(-n4c5ccccc5c5ccccc54)c3)cc2-c2nc(-c3ccccc3)nc(-c3ccccc3)c21.CC1(C)c2ccccc2-c2nc(-c3ccccc3)nc(-c3ccc(-c4cccc(-n5c6ccccc6c6ccccc65)c4)cc3)c21.CC1(C)c2ccccc2-c2nc(-c3ccccc3)nc(-c3cccc(-c4ccc(-n5c6ccccc6c6ccccc65)cc4)c3)c21. The largest absolute Gasteiger partial charge is 0.309 e. The van der Waals surface area contributed by atoms with Crippen molar-refractivity contribution in [1.29, 1.82) is 0 Å². The van der Waals surface area contributed by atoms with Crippen LogP contribution in [-0.2, 0) is 16.2 Å². The minimum atomic E-state index is -0.256. The number of aromatic nitrogens is 9. The Morgan fingerprint density at radius 1 is 0.159 bits per heavy atom. The molecular formula is C129H93N9. The molecule has 3 aliphatic rings. The molecule has 0 spiro atoms. The van der Waals surface area contributed by atoms with E-state index in [1.807, 2.05) is 54.6 Å². The van der Waals surface area contributed by atoms with Crippen LogP contribution in [0.2, 0.25) is 0 Å². The van der Waals surface area contributed by atoms with E-state index in [9.17, 15) is 0 Å². The van der Waals surface area contributed by atoms with E-state index < -0.39 is 0 Å². The Hall–Kier alpha value is -17.4. The molecule has 0 N–H and O–H groups in total. The smallest absolute Gasteiger partial charge is 0.160 e. The van der Waals surface area contributed by atoms with E-state index in [2.05, 4.69) is 456 Å². The first-order valence-corrected chi connectivity index (χ1v) is 47.6. The zero-order chi connectivity index (χ0) is 92.5. The van der Waals surface area contributed by atoms with Crippen LogP contribution in [0.5, 0.6) is 0 Å². The maximum Gasteiger partial charge on any atom is 0.160 e. The van der Waals surface area contributed by atoms with Gasteiger partial charge in [-0.05, 0) is 135 Å². The zero-order valence-corrected chi connectivity index (χ0v) is 77.3. The Balaban J connectivity index is 0.000000110. The molecule has 138 heavy (non-hydrogen) atoms. The van der Waals surface area contributed by atoms with Crippen LogP contribution in [0.1, 0.15) is 74.9 Å². The Bertz CT molecular complexity index is 8790. The van der Waals surface area contributed by atoms with Gasteiger partial charge in [-0.15, -0.1) is 0 Å². The number of fused-ring (bicyclic) bond motifs is 18. The molecule has 9 nitrogen and oxygen atoms in total. The second-order valence-electron chi connectivity index (χ2n) is 38.0. The summed E-state index contributed by atoms with van der Waals surface area (Å²) < 4.78 is 7.11. The van der Waals surface area contributed by atoms with Crippen molar-refractivity contribution in [2.75, 3.05) is 0 Å².